The molecule has 8 nitrogen and oxygen atoms in total. The Kier molecular flexibility index (Phi) is 7.49. The van der Waals surface area contributed by atoms with E-state index >= 15 is 0 Å². The van der Waals surface area contributed by atoms with Gasteiger partial charge < -0.3 is 23.9 Å². The molecule has 0 saturated heterocycles. The summed E-state index contributed by atoms with van der Waals surface area (Å²) in [5, 5.41) is 3.22. The molecule has 0 bridgehead atoms. The van der Waals surface area contributed by atoms with Crippen LogP contribution in [0.3, 0.4) is 0 Å². The summed E-state index contributed by atoms with van der Waals surface area (Å²) in [7, 11) is 0. The van der Waals surface area contributed by atoms with Crippen molar-refractivity contribution < 1.29 is 28.2 Å². The summed E-state index contributed by atoms with van der Waals surface area (Å²) >= 11 is 0. The normalized spacial score (nSPS) is 10.8. The van der Waals surface area contributed by atoms with Crippen molar-refractivity contribution in [2.75, 3.05) is 19.8 Å². The number of carbonyl (C=O) groups excluding carboxylic acids is 2. The predicted molar refractivity (Wildman–Crippen MR) is 118 cm³/mol. The average Bonchev–Trinajstić information content (AvgIpc) is 2.76. The molecule has 168 valence electrons. The highest BCUT2D eigenvalue weighted by molar-refractivity contribution is 5.96. The number of benzene rings is 2. The van der Waals surface area contributed by atoms with Gasteiger partial charge in [0, 0.05) is 18.0 Å². The lowest BCUT2D eigenvalue weighted by atomic mass is 10.1. The molecule has 0 aliphatic carbocycles. The highest BCUT2D eigenvalue weighted by Crippen LogP contribution is 2.21. The molecule has 0 atom stereocenters. The standard InChI is InChI=1S/C24H25NO7/c1-4-29-17-7-9-18(10-8-17)30-14-22(26)31-19-6-5-16-11-20(23(27)25-13-15(2)3)24(28)32-21(16)12-19/h5-12,15H,4,13-14H2,1-3H3,(H,25,27). The Labute approximate surface area is 185 Å². The first kappa shape index (κ1) is 22.9. The third kappa shape index (κ3) is 6.10. The fourth-order valence-corrected chi connectivity index (χ4v) is 2.81. The van der Waals surface area contributed by atoms with Gasteiger partial charge in [-0.3, -0.25) is 4.79 Å². The summed E-state index contributed by atoms with van der Waals surface area (Å²) in [4.78, 5) is 36.5. The number of ether oxygens (including phenoxy) is 3. The topological polar surface area (TPSA) is 104 Å². The average molecular weight is 439 g/mol. The van der Waals surface area contributed by atoms with Gasteiger partial charge in [0.05, 0.1) is 6.61 Å². The second-order valence-corrected chi connectivity index (χ2v) is 7.42. The zero-order chi connectivity index (χ0) is 23.1. The van der Waals surface area contributed by atoms with Gasteiger partial charge in [-0.05, 0) is 55.3 Å². The van der Waals surface area contributed by atoms with Crippen LogP contribution in [0.25, 0.3) is 11.0 Å². The van der Waals surface area contributed by atoms with E-state index in [0.717, 1.165) is 0 Å². The number of hydrogen-bond acceptors (Lipinski definition) is 7. The number of nitrogens with one attached hydrogen (secondary N) is 1. The minimum absolute atomic E-state index is 0.0772. The third-order valence-electron chi connectivity index (χ3n) is 4.35. The molecule has 0 aliphatic heterocycles. The van der Waals surface area contributed by atoms with Crippen LogP contribution < -0.4 is 25.2 Å². The van der Waals surface area contributed by atoms with Gasteiger partial charge in [-0.1, -0.05) is 13.8 Å². The Morgan fingerprint density at radius 2 is 1.62 bits per heavy atom. The van der Waals surface area contributed by atoms with E-state index in [-0.39, 0.29) is 29.4 Å². The highest BCUT2D eigenvalue weighted by Gasteiger charge is 2.15. The van der Waals surface area contributed by atoms with Gasteiger partial charge >= 0.3 is 11.6 Å². The lowest BCUT2D eigenvalue weighted by molar-refractivity contribution is -0.136. The number of rotatable bonds is 9. The molecular formula is C24H25NO7. The summed E-state index contributed by atoms with van der Waals surface area (Å²) in [5.74, 6) is 0.542. The SMILES string of the molecule is CCOc1ccc(OCC(=O)Oc2ccc3cc(C(=O)NCC(C)C)c(=O)oc3c2)cc1. The van der Waals surface area contributed by atoms with Crippen LogP contribution in [0.2, 0.25) is 0 Å². The highest BCUT2D eigenvalue weighted by atomic mass is 16.6. The van der Waals surface area contributed by atoms with E-state index in [1.807, 2.05) is 20.8 Å². The fraction of sp³-hybridized carbons (Fsp3) is 0.292. The molecule has 1 amide bonds. The van der Waals surface area contributed by atoms with E-state index in [2.05, 4.69) is 5.32 Å². The first-order chi connectivity index (χ1) is 15.4. The lowest BCUT2D eigenvalue weighted by Crippen LogP contribution is -2.31. The molecule has 1 aromatic heterocycles. The van der Waals surface area contributed by atoms with Gasteiger partial charge in [-0.2, -0.15) is 0 Å². The molecule has 0 aliphatic rings. The molecule has 1 N–H and O–H groups in total. The van der Waals surface area contributed by atoms with Gasteiger partial charge in [0.2, 0.25) is 0 Å². The molecule has 0 saturated carbocycles. The molecule has 2 aromatic carbocycles. The van der Waals surface area contributed by atoms with Crippen LogP contribution in [0, 0.1) is 5.92 Å². The Morgan fingerprint density at radius 3 is 2.28 bits per heavy atom. The van der Waals surface area contributed by atoms with Crippen molar-refractivity contribution >= 4 is 22.8 Å². The summed E-state index contributed by atoms with van der Waals surface area (Å²) < 4.78 is 21.3. The first-order valence-electron chi connectivity index (χ1n) is 10.3. The van der Waals surface area contributed by atoms with Crippen molar-refractivity contribution in [2.45, 2.75) is 20.8 Å². The molecular weight excluding hydrogens is 414 g/mol. The predicted octanol–water partition coefficient (Wildman–Crippen LogP) is 3.56. The van der Waals surface area contributed by atoms with Gasteiger partial charge in [-0.25, -0.2) is 9.59 Å². The summed E-state index contributed by atoms with van der Waals surface area (Å²) in [6.45, 7) is 6.51. The molecule has 3 rings (SSSR count). The van der Waals surface area contributed by atoms with E-state index in [4.69, 9.17) is 18.6 Å². The van der Waals surface area contributed by atoms with Crippen LogP contribution >= 0.6 is 0 Å². The maximum absolute atomic E-state index is 12.2. The monoisotopic (exact) mass is 439 g/mol. The van der Waals surface area contributed by atoms with Crippen LogP contribution in [0.15, 0.2) is 57.7 Å². The molecule has 0 fully saturated rings. The maximum Gasteiger partial charge on any atom is 0.349 e. The molecule has 3 aromatic rings. The first-order valence-corrected chi connectivity index (χ1v) is 10.3. The van der Waals surface area contributed by atoms with Crippen LogP contribution in [0.5, 0.6) is 17.2 Å². The fourth-order valence-electron chi connectivity index (χ4n) is 2.81. The van der Waals surface area contributed by atoms with E-state index in [0.29, 0.717) is 30.0 Å². The van der Waals surface area contributed by atoms with Gasteiger partial charge in [0.25, 0.3) is 5.91 Å². The number of esters is 1. The molecule has 0 spiro atoms. The van der Waals surface area contributed by atoms with E-state index < -0.39 is 17.5 Å². The molecule has 32 heavy (non-hydrogen) atoms. The minimum atomic E-state index is -0.763. The van der Waals surface area contributed by atoms with E-state index in [1.165, 1.54) is 12.1 Å². The molecule has 1 heterocycles. The molecule has 0 unspecified atom stereocenters. The van der Waals surface area contributed by atoms with Gasteiger partial charge in [-0.15, -0.1) is 0 Å². The maximum atomic E-state index is 12.2. The van der Waals surface area contributed by atoms with Crippen molar-refractivity contribution in [2.24, 2.45) is 5.92 Å². The molecule has 0 radical (unpaired) electrons. The number of carbonyl (C=O) groups is 2. The van der Waals surface area contributed by atoms with Gasteiger partial charge in [0.1, 0.15) is 28.4 Å². The number of hydrogen-bond donors (Lipinski definition) is 1. The Bertz CT molecular complexity index is 1150. The summed E-state index contributed by atoms with van der Waals surface area (Å²) in [5.41, 5.74) is -0.638. The third-order valence-corrected chi connectivity index (χ3v) is 4.35. The summed E-state index contributed by atoms with van der Waals surface area (Å²) in [6.07, 6.45) is 0. The molecule has 8 heteroatoms. The number of amides is 1. The lowest BCUT2D eigenvalue weighted by Gasteiger charge is -2.09. The van der Waals surface area contributed by atoms with Crippen molar-refractivity contribution in [3.05, 3.63) is 64.5 Å². The second-order valence-electron chi connectivity index (χ2n) is 7.42. The quantitative estimate of drug-likeness (QED) is 0.309. The van der Waals surface area contributed by atoms with E-state index in [9.17, 15) is 14.4 Å². The second kappa shape index (κ2) is 10.5. The smallest absolute Gasteiger partial charge is 0.349 e. The Morgan fingerprint density at radius 1 is 0.969 bits per heavy atom. The van der Waals surface area contributed by atoms with Crippen molar-refractivity contribution in [1.29, 1.82) is 0 Å². The summed E-state index contributed by atoms with van der Waals surface area (Å²) in [6, 6.07) is 12.9. The van der Waals surface area contributed by atoms with Crippen LogP contribution in [0.4, 0.5) is 0 Å². The van der Waals surface area contributed by atoms with Crippen molar-refractivity contribution in [3.8, 4) is 17.2 Å². The zero-order valence-electron chi connectivity index (χ0n) is 18.2. The van der Waals surface area contributed by atoms with E-state index in [1.54, 1.807) is 36.4 Å². The largest absolute Gasteiger partial charge is 0.494 e. The van der Waals surface area contributed by atoms with Crippen molar-refractivity contribution in [1.82, 2.24) is 5.32 Å². The van der Waals surface area contributed by atoms with Gasteiger partial charge in [0.15, 0.2) is 6.61 Å². The van der Waals surface area contributed by atoms with Crippen LogP contribution in [0.1, 0.15) is 31.1 Å². The Balaban J connectivity index is 1.63. The van der Waals surface area contributed by atoms with Crippen molar-refractivity contribution in [3.63, 3.8) is 0 Å². The van der Waals surface area contributed by atoms with Crippen LogP contribution in [-0.4, -0.2) is 31.6 Å². The zero-order valence-corrected chi connectivity index (χ0v) is 18.2. The Hall–Kier alpha value is -3.81. The number of fused-ring (bicyclic) bond motifs is 1. The minimum Gasteiger partial charge on any atom is -0.494 e. The van der Waals surface area contributed by atoms with Crippen LogP contribution in [-0.2, 0) is 4.79 Å².